The Hall–Kier alpha value is -3.49. The highest BCUT2D eigenvalue weighted by Gasteiger charge is 2.46. The standard InChI is InChI=1S/C33H38N4O5S/c1-21-3-8-30(28(11-21)29-20-43-33(35-29)37-15-23-6-7-24(16-37)31(23)32(38)39)42-18-25-5-4-22(12-26(25)13-34)14-36-9-10-41-27(17-36)19-40-2/h3-5,8,11-12,20,23-24,27,31H,6-7,9-10,14-19H2,1-2H3,(H,38,39)/t23-,24+,27?,31?. The van der Waals surface area contributed by atoms with Crippen molar-refractivity contribution in [3.63, 3.8) is 0 Å². The van der Waals surface area contributed by atoms with Crippen LogP contribution in [0.4, 0.5) is 5.13 Å². The second kappa shape index (κ2) is 13.0. The number of fused-ring (bicyclic) bond motifs is 2. The maximum Gasteiger partial charge on any atom is 0.307 e. The van der Waals surface area contributed by atoms with Crippen molar-refractivity contribution in [3.05, 3.63) is 64.0 Å². The highest BCUT2D eigenvalue weighted by molar-refractivity contribution is 7.14. The summed E-state index contributed by atoms with van der Waals surface area (Å²) in [6, 6.07) is 14.5. The van der Waals surface area contributed by atoms with Crippen LogP contribution in [0.5, 0.6) is 5.75 Å². The summed E-state index contributed by atoms with van der Waals surface area (Å²) in [5, 5.41) is 22.6. The second-order valence-electron chi connectivity index (χ2n) is 12.0. The van der Waals surface area contributed by atoms with Crippen LogP contribution in [0.3, 0.4) is 0 Å². The smallest absolute Gasteiger partial charge is 0.307 e. The number of ether oxygens (including phenoxy) is 3. The van der Waals surface area contributed by atoms with Gasteiger partial charge in [0.1, 0.15) is 12.4 Å². The topological polar surface area (TPSA) is 108 Å². The van der Waals surface area contributed by atoms with E-state index >= 15 is 0 Å². The predicted octanol–water partition coefficient (Wildman–Crippen LogP) is 4.96. The van der Waals surface area contributed by atoms with Gasteiger partial charge in [0, 0.05) is 56.3 Å². The van der Waals surface area contributed by atoms with E-state index in [0.29, 0.717) is 18.8 Å². The number of piperidine rings is 1. The van der Waals surface area contributed by atoms with Gasteiger partial charge in [-0.2, -0.15) is 5.26 Å². The van der Waals surface area contributed by atoms with Gasteiger partial charge in [0.05, 0.1) is 42.6 Å². The van der Waals surface area contributed by atoms with Crippen molar-refractivity contribution in [2.24, 2.45) is 17.8 Å². The van der Waals surface area contributed by atoms with Gasteiger partial charge in [0.15, 0.2) is 5.13 Å². The van der Waals surface area contributed by atoms with Crippen molar-refractivity contribution in [2.45, 2.75) is 39.0 Å². The van der Waals surface area contributed by atoms with Crippen molar-refractivity contribution in [1.29, 1.82) is 5.26 Å². The van der Waals surface area contributed by atoms with Crippen molar-refractivity contribution in [2.75, 3.05) is 51.4 Å². The Balaban J connectivity index is 1.14. The van der Waals surface area contributed by atoms with Gasteiger partial charge >= 0.3 is 5.97 Å². The number of hydrogen-bond donors (Lipinski definition) is 1. The summed E-state index contributed by atoms with van der Waals surface area (Å²) < 4.78 is 17.4. The molecule has 6 rings (SSSR count). The highest BCUT2D eigenvalue weighted by atomic mass is 32.1. The SMILES string of the molecule is COCC1CN(Cc2ccc(COc3ccc(C)cc3-c3csc(N4C[C@H]5CC[C@@H](C4)C5C(=O)O)n3)c(C#N)c2)CCO1. The van der Waals surface area contributed by atoms with Crippen LogP contribution in [0.1, 0.15) is 35.1 Å². The Morgan fingerprint density at radius 1 is 1.19 bits per heavy atom. The molecule has 0 radical (unpaired) electrons. The van der Waals surface area contributed by atoms with E-state index in [1.807, 2.05) is 31.2 Å². The number of aryl methyl sites for hydroxylation is 1. The summed E-state index contributed by atoms with van der Waals surface area (Å²) >= 11 is 1.60. The third kappa shape index (κ3) is 6.55. The van der Waals surface area contributed by atoms with Gasteiger partial charge in [0.2, 0.25) is 0 Å². The summed E-state index contributed by atoms with van der Waals surface area (Å²) in [6.45, 7) is 7.46. The van der Waals surface area contributed by atoms with E-state index < -0.39 is 5.97 Å². The molecule has 4 atom stereocenters. The summed E-state index contributed by atoms with van der Waals surface area (Å²) in [4.78, 5) is 21.4. The van der Waals surface area contributed by atoms with Crippen LogP contribution in [0, 0.1) is 36.0 Å². The number of carboxylic acid groups (broad SMARTS) is 1. The molecule has 1 aliphatic carbocycles. The molecule has 1 N–H and O–H groups in total. The third-order valence-corrected chi connectivity index (χ3v) is 9.85. The first kappa shape index (κ1) is 29.6. The zero-order valence-corrected chi connectivity index (χ0v) is 25.5. The second-order valence-corrected chi connectivity index (χ2v) is 12.8. The third-order valence-electron chi connectivity index (χ3n) is 8.95. The molecule has 3 aromatic rings. The monoisotopic (exact) mass is 602 g/mol. The van der Waals surface area contributed by atoms with E-state index in [1.165, 1.54) is 0 Å². The van der Waals surface area contributed by atoms with E-state index in [9.17, 15) is 15.2 Å². The molecule has 9 nitrogen and oxygen atoms in total. The maximum atomic E-state index is 11.8. The number of nitrogens with zero attached hydrogens (tertiary/aromatic N) is 4. The Bertz CT molecular complexity index is 1490. The number of rotatable bonds is 10. The number of aliphatic carboxylic acids is 1. The van der Waals surface area contributed by atoms with Crippen LogP contribution in [0.25, 0.3) is 11.3 Å². The number of carboxylic acids is 1. The minimum atomic E-state index is -0.657. The number of hydrogen-bond acceptors (Lipinski definition) is 9. The molecule has 10 heteroatoms. The quantitative estimate of drug-likeness (QED) is 0.344. The Labute approximate surface area is 256 Å². The first-order chi connectivity index (χ1) is 20.9. The van der Waals surface area contributed by atoms with Gasteiger partial charge in [-0.1, -0.05) is 23.8 Å². The van der Waals surface area contributed by atoms with Gasteiger partial charge < -0.3 is 24.2 Å². The number of benzene rings is 2. The van der Waals surface area contributed by atoms with Gasteiger partial charge in [-0.3, -0.25) is 9.69 Å². The molecule has 1 aromatic heterocycles. The van der Waals surface area contributed by atoms with Crippen LogP contribution in [0.2, 0.25) is 0 Å². The lowest BCUT2D eigenvalue weighted by Crippen LogP contribution is -2.44. The fourth-order valence-electron chi connectivity index (χ4n) is 6.86. The van der Waals surface area contributed by atoms with Crippen molar-refractivity contribution < 1.29 is 24.1 Å². The normalized spacial score (nSPS) is 23.7. The van der Waals surface area contributed by atoms with Crippen LogP contribution in [-0.4, -0.2) is 73.6 Å². The maximum absolute atomic E-state index is 11.8. The first-order valence-corrected chi connectivity index (χ1v) is 15.8. The van der Waals surface area contributed by atoms with Crippen LogP contribution < -0.4 is 9.64 Å². The molecule has 1 saturated carbocycles. The number of nitriles is 1. The van der Waals surface area contributed by atoms with Gasteiger partial charge in [-0.15, -0.1) is 11.3 Å². The molecular weight excluding hydrogens is 564 g/mol. The molecule has 3 aliphatic rings. The Kier molecular flexibility index (Phi) is 8.96. The lowest BCUT2D eigenvalue weighted by atomic mass is 9.85. The molecule has 2 unspecified atom stereocenters. The van der Waals surface area contributed by atoms with E-state index in [0.717, 1.165) is 84.4 Å². The van der Waals surface area contributed by atoms with Crippen LogP contribution in [0.15, 0.2) is 41.8 Å². The zero-order valence-electron chi connectivity index (χ0n) is 24.7. The number of thiazole rings is 1. The summed E-state index contributed by atoms with van der Waals surface area (Å²) in [6.07, 6.45) is 2.01. The van der Waals surface area contributed by atoms with Gasteiger partial charge in [0.25, 0.3) is 0 Å². The number of morpholine rings is 1. The molecule has 2 bridgehead atoms. The predicted molar refractivity (Wildman–Crippen MR) is 164 cm³/mol. The van der Waals surface area contributed by atoms with Crippen molar-refractivity contribution in [1.82, 2.24) is 9.88 Å². The first-order valence-electron chi connectivity index (χ1n) is 14.9. The molecule has 226 valence electrons. The molecule has 0 amide bonds. The van der Waals surface area contributed by atoms with Crippen molar-refractivity contribution in [3.8, 4) is 23.1 Å². The van der Waals surface area contributed by atoms with E-state index in [1.54, 1.807) is 18.4 Å². The largest absolute Gasteiger partial charge is 0.488 e. The van der Waals surface area contributed by atoms with Crippen molar-refractivity contribution >= 4 is 22.4 Å². The van der Waals surface area contributed by atoms with E-state index in [-0.39, 0.29) is 30.5 Å². The van der Waals surface area contributed by atoms with Gasteiger partial charge in [-0.25, -0.2) is 4.98 Å². The number of carbonyl (C=O) groups is 1. The zero-order chi connectivity index (χ0) is 29.9. The fraction of sp³-hybridized carbons (Fsp3) is 0.485. The highest BCUT2D eigenvalue weighted by Crippen LogP contribution is 2.44. The van der Waals surface area contributed by atoms with Crippen LogP contribution >= 0.6 is 11.3 Å². The summed E-state index contributed by atoms with van der Waals surface area (Å²) in [5.74, 6) is 0.202. The minimum absolute atomic E-state index is 0.0682. The average Bonchev–Trinajstić information content (AvgIpc) is 3.60. The molecule has 3 heterocycles. The average molecular weight is 603 g/mol. The van der Waals surface area contributed by atoms with Crippen LogP contribution in [-0.2, 0) is 27.4 Å². The minimum Gasteiger partial charge on any atom is -0.488 e. The Morgan fingerprint density at radius 2 is 2.00 bits per heavy atom. The number of methoxy groups -OCH3 is 1. The van der Waals surface area contributed by atoms with E-state index in [4.69, 9.17) is 19.2 Å². The molecule has 3 fully saturated rings. The molecule has 2 aliphatic heterocycles. The van der Waals surface area contributed by atoms with E-state index in [2.05, 4.69) is 33.4 Å². The van der Waals surface area contributed by atoms with Gasteiger partial charge in [-0.05, 0) is 55.4 Å². The molecule has 0 spiro atoms. The Morgan fingerprint density at radius 3 is 2.74 bits per heavy atom. The lowest BCUT2D eigenvalue weighted by molar-refractivity contribution is -0.144. The summed E-state index contributed by atoms with van der Waals surface area (Å²) in [7, 11) is 1.69. The lowest BCUT2D eigenvalue weighted by Gasteiger charge is -2.35. The molecule has 2 saturated heterocycles. The molecule has 2 aromatic carbocycles. The number of aromatic nitrogens is 1. The molecule has 43 heavy (non-hydrogen) atoms. The fourth-order valence-corrected chi connectivity index (χ4v) is 7.71. The summed E-state index contributed by atoms with van der Waals surface area (Å²) in [5.41, 5.74) is 5.41. The molecular formula is C33H38N4O5S. The number of anilines is 1.